The van der Waals surface area contributed by atoms with Crippen LogP contribution in [0.15, 0.2) is 18.2 Å². The van der Waals surface area contributed by atoms with Crippen molar-refractivity contribution in [3.63, 3.8) is 0 Å². The standard InChI is InChI=1S/C16H22ClN3/c1-11-3-2-4-12(9-11)7-8-20-15-10-13(17)5-6-14(15)19-16(20)18/h5-6,10-12H,2-4,7-9H2,1H3,(H2,18,19). The largest absolute Gasteiger partial charge is 0.369 e. The van der Waals surface area contributed by atoms with Crippen LogP contribution >= 0.6 is 11.6 Å². The van der Waals surface area contributed by atoms with Gasteiger partial charge >= 0.3 is 0 Å². The summed E-state index contributed by atoms with van der Waals surface area (Å²) in [4.78, 5) is 4.42. The molecule has 1 aromatic heterocycles. The summed E-state index contributed by atoms with van der Waals surface area (Å²) in [6.07, 6.45) is 6.66. The van der Waals surface area contributed by atoms with Crippen molar-refractivity contribution in [2.24, 2.45) is 11.8 Å². The Morgan fingerprint density at radius 3 is 3.05 bits per heavy atom. The highest BCUT2D eigenvalue weighted by molar-refractivity contribution is 6.31. The molecule has 20 heavy (non-hydrogen) atoms. The first-order valence-corrected chi connectivity index (χ1v) is 7.92. The van der Waals surface area contributed by atoms with Crippen LogP contribution < -0.4 is 5.73 Å². The predicted molar refractivity (Wildman–Crippen MR) is 84.9 cm³/mol. The summed E-state index contributed by atoms with van der Waals surface area (Å²) < 4.78 is 2.11. The smallest absolute Gasteiger partial charge is 0.201 e. The number of nitrogen functional groups attached to an aromatic ring is 1. The van der Waals surface area contributed by atoms with E-state index in [2.05, 4.69) is 16.5 Å². The molecule has 1 saturated carbocycles. The lowest BCUT2D eigenvalue weighted by Gasteiger charge is -2.26. The molecule has 1 aliphatic rings. The van der Waals surface area contributed by atoms with Crippen LogP contribution in [0.25, 0.3) is 11.0 Å². The van der Waals surface area contributed by atoms with E-state index in [1.54, 1.807) is 0 Å². The highest BCUT2D eigenvalue weighted by atomic mass is 35.5. The molecule has 1 aromatic carbocycles. The van der Waals surface area contributed by atoms with Crippen LogP contribution in [0.5, 0.6) is 0 Å². The Morgan fingerprint density at radius 2 is 2.25 bits per heavy atom. The lowest BCUT2D eigenvalue weighted by atomic mass is 9.81. The van der Waals surface area contributed by atoms with Crippen molar-refractivity contribution < 1.29 is 0 Å². The van der Waals surface area contributed by atoms with Gasteiger partial charge in [0.1, 0.15) is 0 Å². The summed E-state index contributed by atoms with van der Waals surface area (Å²) in [6, 6.07) is 5.76. The second-order valence-electron chi connectivity index (χ2n) is 6.18. The molecule has 4 heteroatoms. The topological polar surface area (TPSA) is 43.8 Å². The number of nitrogens with zero attached hydrogens (tertiary/aromatic N) is 2. The average Bonchev–Trinajstić information content (AvgIpc) is 2.72. The summed E-state index contributed by atoms with van der Waals surface area (Å²) >= 11 is 6.09. The van der Waals surface area contributed by atoms with Gasteiger partial charge in [0.15, 0.2) is 0 Å². The molecule has 3 rings (SSSR count). The van der Waals surface area contributed by atoms with E-state index >= 15 is 0 Å². The number of hydrogen-bond acceptors (Lipinski definition) is 2. The van der Waals surface area contributed by atoms with Crippen molar-refractivity contribution in [1.29, 1.82) is 0 Å². The maximum atomic E-state index is 6.09. The Labute approximate surface area is 125 Å². The third kappa shape index (κ3) is 2.78. The molecule has 0 saturated heterocycles. The van der Waals surface area contributed by atoms with Crippen molar-refractivity contribution in [1.82, 2.24) is 9.55 Å². The van der Waals surface area contributed by atoms with Crippen LogP contribution in [0, 0.1) is 11.8 Å². The molecular weight excluding hydrogens is 270 g/mol. The Balaban J connectivity index is 1.76. The maximum absolute atomic E-state index is 6.09. The first-order chi connectivity index (χ1) is 9.63. The van der Waals surface area contributed by atoms with E-state index in [0.29, 0.717) is 5.95 Å². The summed E-state index contributed by atoms with van der Waals surface area (Å²) in [7, 11) is 0. The van der Waals surface area contributed by atoms with Crippen molar-refractivity contribution in [2.75, 3.05) is 5.73 Å². The number of aryl methyl sites for hydroxylation is 1. The Hall–Kier alpha value is -1.22. The zero-order chi connectivity index (χ0) is 14.1. The van der Waals surface area contributed by atoms with Gasteiger partial charge in [0.2, 0.25) is 5.95 Å². The van der Waals surface area contributed by atoms with Crippen LogP contribution in [-0.2, 0) is 6.54 Å². The van der Waals surface area contributed by atoms with Gasteiger partial charge in [-0.2, -0.15) is 0 Å². The molecule has 2 aromatic rings. The number of rotatable bonds is 3. The molecule has 2 unspecified atom stereocenters. The van der Waals surface area contributed by atoms with E-state index in [0.717, 1.165) is 34.4 Å². The summed E-state index contributed by atoms with van der Waals surface area (Å²) in [5, 5.41) is 0.741. The van der Waals surface area contributed by atoms with Gasteiger partial charge in [-0.3, -0.25) is 0 Å². The molecule has 2 atom stereocenters. The maximum Gasteiger partial charge on any atom is 0.201 e. The summed E-state index contributed by atoms with van der Waals surface area (Å²) in [6.45, 7) is 3.31. The zero-order valence-electron chi connectivity index (χ0n) is 12.0. The van der Waals surface area contributed by atoms with Crippen molar-refractivity contribution >= 4 is 28.6 Å². The number of benzene rings is 1. The first-order valence-electron chi connectivity index (χ1n) is 7.54. The summed E-state index contributed by atoms with van der Waals surface area (Å²) in [5.41, 5.74) is 8.04. The fourth-order valence-corrected chi connectivity index (χ4v) is 3.65. The van der Waals surface area contributed by atoms with E-state index in [-0.39, 0.29) is 0 Å². The van der Waals surface area contributed by atoms with E-state index in [4.69, 9.17) is 17.3 Å². The number of nitrogens with two attached hydrogens (primary N) is 1. The molecule has 2 N–H and O–H groups in total. The number of anilines is 1. The van der Waals surface area contributed by atoms with Gasteiger partial charge in [0, 0.05) is 11.6 Å². The molecule has 108 valence electrons. The monoisotopic (exact) mass is 291 g/mol. The van der Waals surface area contributed by atoms with E-state index < -0.39 is 0 Å². The Kier molecular flexibility index (Phi) is 3.88. The number of aromatic nitrogens is 2. The molecule has 0 aliphatic heterocycles. The van der Waals surface area contributed by atoms with Gasteiger partial charge < -0.3 is 10.3 Å². The Bertz CT molecular complexity index is 605. The van der Waals surface area contributed by atoms with Crippen molar-refractivity contribution in [3.8, 4) is 0 Å². The second kappa shape index (κ2) is 5.65. The lowest BCUT2D eigenvalue weighted by molar-refractivity contribution is 0.262. The molecule has 1 fully saturated rings. The zero-order valence-corrected chi connectivity index (χ0v) is 12.7. The number of hydrogen-bond donors (Lipinski definition) is 1. The fourth-order valence-electron chi connectivity index (χ4n) is 3.48. The van der Waals surface area contributed by atoms with Crippen LogP contribution in [-0.4, -0.2) is 9.55 Å². The molecule has 0 bridgehead atoms. The van der Waals surface area contributed by atoms with E-state index in [9.17, 15) is 0 Å². The molecule has 0 radical (unpaired) electrons. The van der Waals surface area contributed by atoms with Gasteiger partial charge in [-0.05, 0) is 42.9 Å². The third-order valence-electron chi connectivity index (χ3n) is 4.55. The SMILES string of the molecule is CC1CCCC(CCn2c(N)nc3ccc(Cl)cc32)C1. The quantitative estimate of drug-likeness (QED) is 0.905. The molecular formula is C16H22ClN3. The van der Waals surface area contributed by atoms with Crippen molar-refractivity contribution in [2.45, 2.75) is 45.6 Å². The molecule has 3 nitrogen and oxygen atoms in total. The molecule has 0 spiro atoms. The molecule has 1 aliphatic carbocycles. The third-order valence-corrected chi connectivity index (χ3v) is 4.78. The van der Waals surface area contributed by atoms with Gasteiger partial charge in [0.05, 0.1) is 11.0 Å². The van der Waals surface area contributed by atoms with Gasteiger partial charge in [-0.1, -0.05) is 37.8 Å². The minimum absolute atomic E-state index is 0.603. The van der Waals surface area contributed by atoms with Crippen LogP contribution in [0.2, 0.25) is 5.02 Å². The van der Waals surface area contributed by atoms with Gasteiger partial charge in [0.25, 0.3) is 0 Å². The normalized spacial score (nSPS) is 23.3. The minimum atomic E-state index is 0.603. The van der Waals surface area contributed by atoms with Crippen LogP contribution in [0.1, 0.15) is 39.0 Å². The summed E-state index contributed by atoms with van der Waals surface area (Å²) in [5.74, 6) is 2.31. The average molecular weight is 292 g/mol. The highest BCUT2D eigenvalue weighted by Gasteiger charge is 2.19. The predicted octanol–water partition coefficient (Wildman–Crippen LogP) is 4.49. The Morgan fingerprint density at radius 1 is 1.40 bits per heavy atom. The van der Waals surface area contributed by atoms with Gasteiger partial charge in [-0.15, -0.1) is 0 Å². The van der Waals surface area contributed by atoms with E-state index in [1.807, 2.05) is 18.2 Å². The fraction of sp³-hybridized carbons (Fsp3) is 0.562. The number of fused-ring (bicyclic) bond motifs is 1. The number of halogens is 1. The minimum Gasteiger partial charge on any atom is -0.369 e. The second-order valence-corrected chi connectivity index (χ2v) is 6.62. The van der Waals surface area contributed by atoms with Gasteiger partial charge in [-0.25, -0.2) is 4.98 Å². The van der Waals surface area contributed by atoms with E-state index in [1.165, 1.54) is 32.1 Å². The molecule has 0 amide bonds. The van der Waals surface area contributed by atoms with Crippen LogP contribution in [0.3, 0.4) is 0 Å². The number of imidazole rings is 1. The highest BCUT2D eigenvalue weighted by Crippen LogP contribution is 2.32. The lowest BCUT2D eigenvalue weighted by Crippen LogP contribution is -2.15. The first kappa shape index (κ1) is 13.7. The van der Waals surface area contributed by atoms with Crippen molar-refractivity contribution in [3.05, 3.63) is 23.2 Å². The van der Waals surface area contributed by atoms with Crippen LogP contribution in [0.4, 0.5) is 5.95 Å². The molecule has 1 heterocycles.